The highest BCUT2D eigenvalue weighted by atomic mass is 19.4. The smallest absolute Gasteiger partial charge is 0.312 e. The Hall–Kier alpha value is -3.76. The van der Waals surface area contributed by atoms with E-state index < -0.39 is 29.5 Å². The van der Waals surface area contributed by atoms with Crippen LogP contribution >= 0.6 is 0 Å². The van der Waals surface area contributed by atoms with Crippen LogP contribution in [0.2, 0.25) is 0 Å². The Morgan fingerprint density at radius 1 is 1.06 bits per heavy atom. The van der Waals surface area contributed by atoms with Crippen LogP contribution in [0.1, 0.15) is 29.1 Å². The molecule has 0 spiro atoms. The molecule has 1 atom stereocenters. The topological polar surface area (TPSA) is 93.0 Å². The molecule has 2 amide bonds. The van der Waals surface area contributed by atoms with Gasteiger partial charge in [0.1, 0.15) is 5.82 Å². The van der Waals surface area contributed by atoms with E-state index in [4.69, 9.17) is 0 Å². The number of alkyl halides is 3. The number of nitrogens with one attached hydrogen (secondary N) is 1. The zero-order valence-electron chi connectivity index (χ0n) is 18.1. The predicted molar refractivity (Wildman–Crippen MR) is 114 cm³/mol. The summed E-state index contributed by atoms with van der Waals surface area (Å²) in [6, 6.07) is 7.97. The van der Waals surface area contributed by atoms with Crippen molar-refractivity contribution in [2.75, 3.05) is 16.8 Å². The first kappa shape index (κ1) is 22.4. The number of hydrogen-bond acceptors (Lipinski definition) is 5. The summed E-state index contributed by atoms with van der Waals surface area (Å²) in [7, 11) is 0. The molecule has 1 saturated heterocycles. The summed E-state index contributed by atoms with van der Waals surface area (Å²) < 4.78 is 40.5. The van der Waals surface area contributed by atoms with Gasteiger partial charge in [0, 0.05) is 36.1 Å². The normalized spacial score (nSPS) is 16.4. The van der Waals surface area contributed by atoms with Crippen LogP contribution in [0.15, 0.2) is 36.4 Å². The second kappa shape index (κ2) is 8.30. The van der Waals surface area contributed by atoms with Crippen molar-refractivity contribution >= 4 is 23.3 Å². The summed E-state index contributed by atoms with van der Waals surface area (Å²) in [5.41, 5.74) is 1.35. The van der Waals surface area contributed by atoms with Gasteiger partial charge in [-0.15, -0.1) is 0 Å². The molecule has 1 aromatic carbocycles. The van der Waals surface area contributed by atoms with Crippen LogP contribution in [0.25, 0.3) is 5.95 Å². The molecule has 1 unspecified atom stereocenters. The Morgan fingerprint density at radius 2 is 1.76 bits per heavy atom. The predicted octanol–water partition coefficient (Wildman–Crippen LogP) is 3.60. The zero-order valence-corrected chi connectivity index (χ0v) is 18.1. The minimum atomic E-state index is -4.53. The quantitative estimate of drug-likeness (QED) is 0.645. The molecule has 33 heavy (non-hydrogen) atoms. The molecule has 1 N–H and O–H groups in total. The van der Waals surface area contributed by atoms with Gasteiger partial charge in [0.05, 0.1) is 17.2 Å². The van der Waals surface area contributed by atoms with Crippen molar-refractivity contribution in [3.63, 3.8) is 0 Å². The second-order valence-electron chi connectivity index (χ2n) is 7.98. The Morgan fingerprint density at radius 3 is 2.42 bits per heavy atom. The molecule has 0 aliphatic carbocycles. The number of anilines is 2. The monoisotopic (exact) mass is 458 g/mol. The van der Waals surface area contributed by atoms with Gasteiger partial charge in [-0.2, -0.15) is 23.0 Å². The van der Waals surface area contributed by atoms with Gasteiger partial charge in [-0.1, -0.05) is 6.07 Å². The van der Waals surface area contributed by atoms with Crippen molar-refractivity contribution in [2.45, 2.75) is 33.4 Å². The summed E-state index contributed by atoms with van der Waals surface area (Å²) in [4.78, 5) is 35.4. The van der Waals surface area contributed by atoms with Crippen LogP contribution < -0.4 is 10.2 Å². The third-order valence-corrected chi connectivity index (χ3v) is 5.22. The van der Waals surface area contributed by atoms with Crippen LogP contribution in [0.5, 0.6) is 0 Å². The maximum atomic E-state index is 13.0. The van der Waals surface area contributed by atoms with Crippen molar-refractivity contribution in [1.82, 2.24) is 19.7 Å². The van der Waals surface area contributed by atoms with Crippen LogP contribution in [-0.2, 0) is 15.8 Å². The number of rotatable bonds is 4. The molecule has 1 fully saturated rings. The number of aromatic nitrogens is 4. The number of halogens is 3. The van der Waals surface area contributed by atoms with Crippen LogP contribution in [-0.4, -0.2) is 38.1 Å². The van der Waals surface area contributed by atoms with Crippen molar-refractivity contribution in [2.24, 2.45) is 5.92 Å². The van der Waals surface area contributed by atoms with Crippen LogP contribution in [0.4, 0.5) is 24.7 Å². The minimum Gasteiger partial charge on any atom is -0.312 e. The van der Waals surface area contributed by atoms with E-state index in [1.807, 2.05) is 19.9 Å². The fraction of sp³-hybridized carbons (Fsp3) is 0.318. The number of amides is 2. The van der Waals surface area contributed by atoms with Crippen molar-refractivity contribution in [3.8, 4) is 5.95 Å². The SMILES string of the molecule is Cc1cc(C)nc(-n2nc(C)cc2NC(=O)C2CC(=O)N(c3cccc(C(F)(F)F)c3)C2)n1. The average molecular weight is 458 g/mol. The third kappa shape index (κ3) is 4.71. The van der Waals surface area contributed by atoms with E-state index in [0.717, 1.165) is 23.5 Å². The number of carbonyl (C=O) groups is 2. The molecular weight excluding hydrogens is 437 g/mol. The van der Waals surface area contributed by atoms with Gasteiger partial charge < -0.3 is 10.2 Å². The molecule has 1 aliphatic rings. The molecule has 4 rings (SSSR count). The standard InChI is InChI=1S/C22H21F3N6O2/c1-12-7-13(2)27-21(26-12)31-18(8-14(3)29-31)28-20(33)15-9-19(32)30(11-15)17-6-4-5-16(10-17)22(23,24)25/h4-8,10,15H,9,11H2,1-3H3,(H,28,33). The Balaban J connectivity index is 1.54. The Kier molecular flexibility index (Phi) is 5.64. The summed E-state index contributed by atoms with van der Waals surface area (Å²) in [6.45, 7) is 5.36. The van der Waals surface area contributed by atoms with Gasteiger partial charge in [0.25, 0.3) is 5.95 Å². The average Bonchev–Trinajstić information content (AvgIpc) is 3.29. The van der Waals surface area contributed by atoms with E-state index >= 15 is 0 Å². The molecule has 1 aliphatic heterocycles. The lowest BCUT2D eigenvalue weighted by molar-refractivity contribution is -0.137. The molecule has 3 heterocycles. The zero-order chi connectivity index (χ0) is 23.9. The molecule has 172 valence electrons. The maximum Gasteiger partial charge on any atom is 0.416 e. The maximum absolute atomic E-state index is 13.0. The highest BCUT2D eigenvalue weighted by molar-refractivity contribution is 6.03. The van der Waals surface area contributed by atoms with E-state index in [9.17, 15) is 22.8 Å². The molecule has 0 saturated carbocycles. The number of nitrogens with zero attached hydrogens (tertiary/aromatic N) is 5. The van der Waals surface area contributed by atoms with Crippen molar-refractivity contribution in [3.05, 3.63) is 59.0 Å². The molecule has 11 heteroatoms. The highest BCUT2D eigenvalue weighted by Gasteiger charge is 2.37. The lowest BCUT2D eigenvalue weighted by Crippen LogP contribution is -2.29. The van der Waals surface area contributed by atoms with Gasteiger partial charge in [0.2, 0.25) is 11.8 Å². The highest BCUT2D eigenvalue weighted by Crippen LogP contribution is 2.33. The minimum absolute atomic E-state index is 0.0286. The second-order valence-corrected chi connectivity index (χ2v) is 7.98. The number of benzene rings is 1. The lowest BCUT2D eigenvalue weighted by Gasteiger charge is -2.18. The van der Waals surface area contributed by atoms with Gasteiger partial charge in [-0.3, -0.25) is 9.59 Å². The summed E-state index contributed by atoms with van der Waals surface area (Å²) in [5.74, 6) is -0.965. The molecule has 3 aromatic rings. The third-order valence-electron chi connectivity index (χ3n) is 5.22. The van der Waals surface area contributed by atoms with Crippen LogP contribution in [0, 0.1) is 26.7 Å². The van der Waals surface area contributed by atoms with E-state index in [1.54, 1.807) is 13.0 Å². The Labute approximate surface area is 187 Å². The fourth-order valence-corrected chi connectivity index (χ4v) is 3.75. The largest absolute Gasteiger partial charge is 0.416 e. The molecule has 0 bridgehead atoms. The Bertz CT molecular complexity index is 1220. The molecular formula is C22H21F3N6O2. The first-order valence-corrected chi connectivity index (χ1v) is 10.2. The van der Waals surface area contributed by atoms with E-state index in [-0.39, 0.29) is 18.7 Å². The van der Waals surface area contributed by atoms with E-state index in [2.05, 4.69) is 20.4 Å². The van der Waals surface area contributed by atoms with E-state index in [0.29, 0.717) is 17.5 Å². The molecule has 2 aromatic heterocycles. The van der Waals surface area contributed by atoms with Gasteiger partial charge in [-0.05, 0) is 45.0 Å². The summed E-state index contributed by atoms with van der Waals surface area (Å²) in [5, 5.41) is 7.11. The van der Waals surface area contributed by atoms with Crippen molar-refractivity contribution in [1.29, 1.82) is 0 Å². The van der Waals surface area contributed by atoms with Gasteiger partial charge in [0.15, 0.2) is 0 Å². The van der Waals surface area contributed by atoms with Crippen LogP contribution in [0.3, 0.4) is 0 Å². The molecule has 0 radical (unpaired) electrons. The first-order valence-electron chi connectivity index (χ1n) is 10.2. The van der Waals surface area contributed by atoms with Crippen molar-refractivity contribution < 1.29 is 22.8 Å². The number of carbonyl (C=O) groups excluding carboxylic acids is 2. The number of hydrogen-bond donors (Lipinski definition) is 1. The van der Waals surface area contributed by atoms with Gasteiger partial charge in [-0.25, -0.2) is 9.97 Å². The first-order chi connectivity index (χ1) is 15.5. The number of aryl methyl sites for hydroxylation is 3. The molecule has 8 nitrogen and oxygen atoms in total. The van der Waals surface area contributed by atoms with Gasteiger partial charge >= 0.3 is 6.18 Å². The summed E-state index contributed by atoms with van der Waals surface area (Å²) in [6.07, 6.45) is -4.64. The van der Waals surface area contributed by atoms with E-state index in [1.165, 1.54) is 21.7 Å². The lowest BCUT2D eigenvalue weighted by atomic mass is 10.1. The fourth-order valence-electron chi connectivity index (χ4n) is 3.75. The summed E-state index contributed by atoms with van der Waals surface area (Å²) >= 11 is 0.